The van der Waals surface area contributed by atoms with Gasteiger partial charge in [-0.3, -0.25) is 0 Å². The molecule has 256 valence electrons. The van der Waals surface area contributed by atoms with Crippen LogP contribution in [0.5, 0.6) is 0 Å². The lowest BCUT2D eigenvalue weighted by molar-refractivity contribution is 1.18. The lowest BCUT2D eigenvalue weighted by Crippen LogP contribution is -1.94. The highest BCUT2D eigenvalue weighted by Crippen LogP contribution is 2.44. The van der Waals surface area contributed by atoms with Crippen molar-refractivity contribution in [3.63, 3.8) is 0 Å². The van der Waals surface area contributed by atoms with E-state index in [4.69, 9.17) is 0 Å². The fraction of sp³-hybridized carbons (Fsp3) is 0.0189. The predicted molar refractivity (Wildman–Crippen MR) is 232 cm³/mol. The Balaban J connectivity index is 1.05. The Hall–Kier alpha value is -7.16. The summed E-state index contributed by atoms with van der Waals surface area (Å²) in [5.41, 5.74) is 17.6. The second-order valence-electron chi connectivity index (χ2n) is 15.0. The lowest BCUT2D eigenvalue weighted by Gasteiger charge is -2.11. The average molecular weight is 699 g/mol. The molecule has 0 saturated heterocycles. The quantitative estimate of drug-likeness (QED) is 0.173. The van der Waals surface area contributed by atoms with Crippen molar-refractivity contribution >= 4 is 54.4 Å². The summed E-state index contributed by atoms with van der Waals surface area (Å²) in [4.78, 5) is 0. The predicted octanol–water partition coefficient (Wildman–Crippen LogP) is 13.9. The molecule has 2 nitrogen and oxygen atoms in total. The van der Waals surface area contributed by atoms with Crippen molar-refractivity contribution in [3.05, 3.63) is 205 Å². The SMILES string of the molecule is c1ccc(-c2cccc(-n3c4ccccc4c4cc(-c5ccc6c(c5)c5cc7c(cc5n6-c5ccc6ccccc6c5)-c5ccccc5C7)ccc43)c2)cc1. The molecule has 0 aliphatic heterocycles. The van der Waals surface area contributed by atoms with Gasteiger partial charge in [0.05, 0.1) is 22.1 Å². The van der Waals surface area contributed by atoms with Crippen LogP contribution >= 0.6 is 0 Å². The summed E-state index contributed by atoms with van der Waals surface area (Å²) >= 11 is 0. The molecule has 1 aliphatic rings. The maximum absolute atomic E-state index is 2.47. The molecule has 0 bridgehead atoms. The van der Waals surface area contributed by atoms with Gasteiger partial charge in [-0.05, 0) is 128 Å². The molecule has 2 heterocycles. The van der Waals surface area contributed by atoms with Gasteiger partial charge in [-0.15, -0.1) is 0 Å². The van der Waals surface area contributed by atoms with Crippen LogP contribution in [-0.4, -0.2) is 9.13 Å². The lowest BCUT2D eigenvalue weighted by atomic mass is 9.99. The molecule has 0 fully saturated rings. The van der Waals surface area contributed by atoms with E-state index in [1.165, 1.54) is 105 Å². The maximum Gasteiger partial charge on any atom is 0.0547 e. The molecule has 12 rings (SSSR count). The van der Waals surface area contributed by atoms with E-state index in [1.807, 2.05) is 0 Å². The van der Waals surface area contributed by atoms with Gasteiger partial charge < -0.3 is 9.13 Å². The third-order valence-corrected chi connectivity index (χ3v) is 11.9. The summed E-state index contributed by atoms with van der Waals surface area (Å²) in [6.45, 7) is 0. The van der Waals surface area contributed by atoms with E-state index in [9.17, 15) is 0 Å². The van der Waals surface area contributed by atoms with E-state index in [-0.39, 0.29) is 0 Å². The smallest absolute Gasteiger partial charge is 0.0547 e. The normalized spacial score (nSPS) is 12.3. The summed E-state index contributed by atoms with van der Waals surface area (Å²) in [6.07, 6.45) is 0.971. The van der Waals surface area contributed by atoms with Crippen LogP contribution in [-0.2, 0) is 6.42 Å². The van der Waals surface area contributed by atoms with Crippen molar-refractivity contribution in [3.8, 4) is 44.8 Å². The van der Waals surface area contributed by atoms with Gasteiger partial charge in [-0.1, -0.05) is 127 Å². The van der Waals surface area contributed by atoms with Gasteiger partial charge in [0, 0.05) is 32.9 Å². The van der Waals surface area contributed by atoms with Crippen LogP contribution in [0, 0.1) is 0 Å². The maximum atomic E-state index is 2.47. The Labute approximate surface area is 318 Å². The highest BCUT2D eigenvalue weighted by atomic mass is 15.0. The van der Waals surface area contributed by atoms with Gasteiger partial charge >= 0.3 is 0 Å². The van der Waals surface area contributed by atoms with Crippen LogP contribution in [0.15, 0.2) is 194 Å². The summed E-state index contributed by atoms with van der Waals surface area (Å²) in [5.74, 6) is 0. The number of rotatable bonds is 4. The zero-order valence-electron chi connectivity index (χ0n) is 30.1. The minimum Gasteiger partial charge on any atom is -0.309 e. The molecule has 11 aromatic rings. The molecular formula is C53H34N2. The van der Waals surface area contributed by atoms with E-state index in [2.05, 4.69) is 203 Å². The molecule has 0 N–H and O–H groups in total. The monoisotopic (exact) mass is 698 g/mol. The van der Waals surface area contributed by atoms with E-state index in [0.29, 0.717) is 0 Å². The minimum absolute atomic E-state index is 0.971. The van der Waals surface area contributed by atoms with Crippen molar-refractivity contribution in [2.75, 3.05) is 0 Å². The molecule has 0 atom stereocenters. The second-order valence-corrected chi connectivity index (χ2v) is 15.0. The molecule has 9 aromatic carbocycles. The Morgan fingerprint density at radius 2 is 0.909 bits per heavy atom. The molecule has 2 aromatic heterocycles. The number of fused-ring (bicyclic) bond motifs is 10. The van der Waals surface area contributed by atoms with Crippen LogP contribution in [0.25, 0.3) is 99.1 Å². The zero-order valence-corrected chi connectivity index (χ0v) is 30.1. The van der Waals surface area contributed by atoms with Crippen LogP contribution in [0.2, 0.25) is 0 Å². The topological polar surface area (TPSA) is 9.86 Å². The summed E-state index contributed by atoms with van der Waals surface area (Å²) in [7, 11) is 0. The van der Waals surface area contributed by atoms with E-state index >= 15 is 0 Å². The van der Waals surface area contributed by atoms with Gasteiger partial charge in [-0.25, -0.2) is 0 Å². The van der Waals surface area contributed by atoms with Crippen molar-refractivity contribution in [1.29, 1.82) is 0 Å². The Morgan fingerprint density at radius 3 is 1.76 bits per heavy atom. The summed E-state index contributed by atoms with van der Waals surface area (Å²) < 4.78 is 4.89. The Morgan fingerprint density at radius 1 is 0.291 bits per heavy atom. The van der Waals surface area contributed by atoms with Gasteiger partial charge in [0.2, 0.25) is 0 Å². The van der Waals surface area contributed by atoms with E-state index in [1.54, 1.807) is 0 Å². The first-order valence-electron chi connectivity index (χ1n) is 19.1. The average Bonchev–Trinajstić information content (AvgIpc) is 3.89. The number of aromatic nitrogens is 2. The van der Waals surface area contributed by atoms with Crippen LogP contribution < -0.4 is 0 Å². The Kier molecular flexibility index (Phi) is 6.43. The molecular weight excluding hydrogens is 665 g/mol. The first-order chi connectivity index (χ1) is 27.2. The molecule has 0 saturated carbocycles. The van der Waals surface area contributed by atoms with Gasteiger partial charge in [0.25, 0.3) is 0 Å². The number of nitrogens with zero attached hydrogens (tertiary/aromatic N) is 2. The third-order valence-electron chi connectivity index (χ3n) is 11.9. The fourth-order valence-corrected chi connectivity index (χ4v) is 9.31. The molecule has 55 heavy (non-hydrogen) atoms. The number of benzene rings is 9. The van der Waals surface area contributed by atoms with E-state index < -0.39 is 0 Å². The van der Waals surface area contributed by atoms with Crippen LogP contribution in [0.4, 0.5) is 0 Å². The van der Waals surface area contributed by atoms with Crippen molar-refractivity contribution < 1.29 is 0 Å². The van der Waals surface area contributed by atoms with Gasteiger partial charge in [0.1, 0.15) is 0 Å². The van der Waals surface area contributed by atoms with Crippen molar-refractivity contribution in [1.82, 2.24) is 9.13 Å². The van der Waals surface area contributed by atoms with Crippen LogP contribution in [0.1, 0.15) is 11.1 Å². The van der Waals surface area contributed by atoms with E-state index in [0.717, 1.165) is 12.1 Å². The number of para-hydroxylation sites is 1. The largest absolute Gasteiger partial charge is 0.309 e. The number of hydrogen-bond donors (Lipinski definition) is 0. The third kappa shape index (κ3) is 4.62. The second kappa shape index (κ2) is 11.7. The van der Waals surface area contributed by atoms with Crippen molar-refractivity contribution in [2.45, 2.75) is 6.42 Å². The summed E-state index contributed by atoms with van der Waals surface area (Å²) in [6, 6.07) is 71.7. The highest BCUT2D eigenvalue weighted by molar-refractivity contribution is 6.14. The first kappa shape index (κ1) is 30.3. The van der Waals surface area contributed by atoms with Crippen molar-refractivity contribution in [2.24, 2.45) is 0 Å². The molecule has 0 unspecified atom stereocenters. The minimum atomic E-state index is 0.971. The van der Waals surface area contributed by atoms with Crippen LogP contribution in [0.3, 0.4) is 0 Å². The molecule has 1 aliphatic carbocycles. The zero-order chi connectivity index (χ0) is 36.0. The van der Waals surface area contributed by atoms with Gasteiger partial charge in [0.15, 0.2) is 0 Å². The molecule has 2 heteroatoms. The summed E-state index contributed by atoms with van der Waals surface area (Å²) in [5, 5.41) is 7.59. The fourth-order valence-electron chi connectivity index (χ4n) is 9.31. The van der Waals surface area contributed by atoms with Gasteiger partial charge in [-0.2, -0.15) is 0 Å². The Bertz CT molecular complexity index is 3340. The molecule has 0 amide bonds. The molecule has 0 radical (unpaired) electrons. The number of hydrogen-bond acceptors (Lipinski definition) is 0. The highest BCUT2D eigenvalue weighted by Gasteiger charge is 2.23. The molecule has 0 spiro atoms. The standard InChI is InChI=1S/C53H34N2/c1-2-11-34(12-3-1)37-16-10-17-42(28-37)54-50-20-9-8-19-45(50)47-30-38(22-25-51(47)54)39-23-26-52-48(31-39)49-32-41-27-40-15-6-7-18-44(40)46(41)33-53(49)55(52)43-24-21-35-13-4-5-14-36(35)29-43/h1-26,28-33H,27H2. The first-order valence-corrected chi connectivity index (χ1v) is 19.1.